The van der Waals surface area contributed by atoms with Crippen molar-refractivity contribution < 1.29 is 29.4 Å². The van der Waals surface area contributed by atoms with Crippen LogP contribution < -0.4 is 21.7 Å². The molecule has 0 fully saturated rings. The molecule has 8 N–H and O–H groups in total. The van der Waals surface area contributed by atoms with Crippen molar-refractivity contribution in [2.24, 2.45) is 5.73 Å². The molecule has 2 aromatic carbocycles. The number of aromatic nitrogens is 1. The molecule has 3 rings (SSSR count). The van der Waals surface area contributed by atoms with Gasteiger partial charge in [0, 0.05) is 29.9 Å². The zero-order valence-electron chi connectivity index (χ0n) is 19.7. The fourth-order valence-electron chi connectivity index (χ4n) is 3.73. The molecule has 0 radical (unpaired) electrons. The lowest BCUT2D eigenvalue weighted by atomic mass is 10.0. The van der Waals surface area contributed by atoms with Crippen LogP contribution in [-0.2, 0) is 32.0 Å². The number of carbonyl (C=O) groups excluding carboxylic acids is 3. The first-order valence-corrected chi connectivity index (χ1v) is 11.3. The number of hydrogen-bond donors (Lipinski definition) is 7. The number of nitrogens with two attached hydrogens (primary N) is 1. The number of para-hydroxylation sites is 1. The molecule has 190 valence electrons. The van der Waals surface area contributed by atoms with E-state index in [4.69, 9.17) is 5.73 Å². The lowest BCUT2D eigenvalue weighted by Gasteiger charge is -2.22. The smallest absolute Gasteiger partial charge is 0.326 e. The number of hydrogen-bond acceptors (Lipinski definition) is 6. The van der Waals surface area contributed by atoms with E-state index in [-0.39, 0.29) is 25.1 Å². The van der Waals surface area contributed by atoms with Gasteiger partial charge in [-0.1, -0.05) is 30.3 Å². The molecule has 11 nitrogen and oxygen atoms in total. The summed E-state index contributed by atoms with van der Waals surface area (Å²) in [6.45, 7) is 1.09. The number of amides is 3. The Morgan fingerprint density at radius 3 is 2.28 bits per heavy atom. The zero-order valence-corrected chi connectivity index (χ0v) is 19.7. The van der Waals surface area contributed by atoms with Crippen LogP contribution in [0.3, 0.4) is 0 Å². The van der Waals surface area contributed by atoms with Crippen molar-refractivity contribution >= 4 is 34.6 Å². The predicted octanol–water partition coefficient (Wildman–Crippen LogP) is 0.176. The van der Waals surface area contributed by atoms with E-state index in [1.807, 2.05) is 24.3 Å². The Balaban J connectivity index is 1.65. The highest BCUT2D eigenvalue weighted by Crippen LogP contribution is 2.19. The van der Waals surface area contributed by atoms with E-state index in [2.05, 4.69) is 20.9 Å². The van der Waals surface area contributed by atoms with Crippen LogP contribution in [-0.4, -0.2) is 63.6 Å². The van der Waals surface area contributed by atoms with Gasteiger partial charge in [-0.15, -0.1) is 0 Å². The molecular formula is C25H29N5O6. The van der Waals surface area contributed by atoms with Crippen LogP contribution >= 0.6 is 0 Å². The molecule has 3 aromatic rings. The van der Waals surface area contributed by atoms with Crippen molar-refractivity contribution in [3.8, 4) is 5.75 Å². The average molecular weight is 496 g/mol. The summed E-state index contributed by atoms with van der Waals surface area (Å²) < 4.78 is 0. The van der Waals surface area contributed by atoms with Crippen molar-refractivity contribution in [3.05, 3.63) is 65.9 Å². The maximum Gasteiger partial charge on any atom is 0.326 e. The predicted molar refractivity (Wildman–Crippen MR) is 132 cm³/mol. The van der Waals surface area contributed by atoms with Gasteiger partial charge >= 0.3 is 5.97 Å². The van der Waals surface area contributed by atoms with Gasteiger partial charge in [-0.2, -0.15) is 0 Å². The second kappa shape index (κ2) is 11.8. The van der Waals surface area contributed by atoms with E-state index in [9.17, 15) is 29.4 Å². The minimum atomic E-state index is -1.22. The van der Waals surface area contributed by atoms with Gasteiger partial charge < -0.3 is 36.9 Å². The lowest BCUT2D eigenvalue weighted by Crippen LogP contribution is -2.56. The number of carboxylic acid groups (broad SMARTS) is 1. The first-order valence-electron chi connectivity index (χ1n) is 11.3. The standard InChI is InChI=1S/C25H29N5O6/c1-14(28-24(34)20(29-22(32)12-26)10-15-6-8-17(31)9-7-15)23(33)30-21(25(35)36)11-16-13-27-19-5-3-2-4-18(16)19/h2-9,13-14,20-21,27,31H,10-12,26H2,1H3,(H,28,34)(H,29,32)(H,30,33)(H,35,36). The molecule has 11 heteroatoms. The van der Waals surface area contributed by atoms with E-state index in [0.717, 1.165) is 16.5 Å². The van der Waals surface area contributed by atoms with Gasteiger partial charge in [0.05, 0.1) is 6.54 Å². The number of phenols is 1. The van der Waals surface area contributed by atoms with Gasteiger partial charge in [0.25, 0.3) is 0 Å². The van der Waals surface area contributed by atoms with E-state index in [1.165, 1.54) is 19.1 Å². The number of aromatic amines is 1. The minimum absolute atomic E-state index is 0.0434. The van der Waals surface area contributed by atoms with Gasteiger partial charge in [0.15, 0.2) is 0 Å². The molecule has 0 aliphatic carbocycles. The van der Waals surface area contributed by atoms with Crippen molar-refractivity contribution in [2.45, 2.75) is 37.9 Å². The Hall–Kier alpha value is -4.38. The number of aromatic hydroxyl groups is 1. The molecule has 0 saturated heterocycles. The highest BCUT2D eigenvalue weighted by molar-refractivity contribution is 5.94. The fourth-order valence-corrected chi connectivity index (χ4v) is 3.73. The second-order valence-corrected chi connectivity index (χ2v) is 8.39. The van der Waals surface area contributed by atoms with Gasteiger partial charge in [-0.25, -0.2) is 4.79 Å². The third kappa shape index (κ3) is 6.83. The van der Waals surface area contributed by atoms with Gasteiger partial charge in [-0.05, 0) is 36.2 Å². The van der Waals surface area contributed by atoms with E-state index in [1.54, 1.807) is 18.3 Å². The number of nitrogens with one attached hydrogen (secondary N) is 4. The summed E-state index contributed by atoms with van der Waals surface area (Å²) in [6.07, 6.45) is 1.83. The monoisotopic (exact) mass is 495 g/mol. The van der Waals surface area contributed by atoms with E-state index in [0.29, 0.717) is 5.56 Å². The number of aliphatic carboxylic acids is 1. The molecule has 3 unspecified atom stereocenters. The highest BCUT2D eigenvalue weighted by atomic mass is 16.4. The molecule has 1 aromatic heterocycles. The summed E-state index contributed by atoms with van der Waals surface area (Å²) >= 11 is 0. The number of fused-ring (bicyclic) bond motifs is 1. The van der Waals surface area contributed by atoms with Crippen LogP contribution in [0.25, 0.3) is 10.9 Å². The summed E-state index contributed by atoms with van der Waals surface area (Å²) in [5.74, 6) is -3.06. The quantitative estimate of drug-likeness (QED) is 0.198. The molecule has 1 heterocycles. The third-order valence-corrected chi connectivity index (χ3v) is 5.68. The molecule has 3 amide bonds. The summed E-state index contributed by atoms with van der Waals surface area (Å²) in [5, 5.41) is 27.5. The zero-order chi connectivity index (χ0) is 26.2. The number of carboxylic acids is 1. The maximum atomic E-state index is 12.9. The van der Waals surface area contributed by atoms with Crippen LogP contribution in [0.1, 0.15) is 18.1 Å². The van der Waals surface area contributed by atoms with Crippen molar-refractivity contribution in [1.82, 2.24) is 20.9 Å². The first-order chi connectivity index (χ1) is 17.2. The van der Waals surface area contributed by atoms with Crippen molar-refractivity contribution in [1.29, 1.82) is 0 Å². The van der Waals surface area contributed by atoms with Crippen LogP contribution in [0.4, 0.5) is 0 Å². The Morgan fingerprint density at radius 1 is 0.917 bits per heavy atom. The van der Waals surface area contributed by atoms with Crippen LogP contribution in [0.15, 0.2) is 54.7 Å². The molecule has 36 heavy (non-hydrogen) atoms. The largest absolute Gasteiger partial charge is 0.508 e. The molecule has 0 aliphatic rings. The topological polar surface area (TPSA) is 187 Å². The van der Waals surface area contributed by atoms with Crippen molar-refractivity contribution in [2.75, 3.05) is 6.54 Å². The number of carbonyl (C=O) groups is 4. The molecule has 3 atom stereocenters. The first kappa shape index (κ1) is 26.2. The summed E-state index contributed by atoms with van der Waals surface area (Å²) in [7, 11) is 0. The number of H-pyrrole nitrogens is 1. The molecule has 0 aliphatic heterocycles. The van der Waals surface area contributed by atoms with Gasteiger partial charge in [0.1, 0.15) is 23.9 Å². The minimum Gasteiger partial charge on any atom is -0.508 e. The number of rotatable bonds is 11. The molecule has 0 saturated carbocycles. The van der Waals surface area contributed by atoms with E-state index >= 15 is 0 Å². The Kier molecular flexibility index (Phi) is 8.63. The summed E-state index contributed by atoms with van der Waals surface area (Å²) in [6, 6.07) is 10.2. The normalized spacial score (nSPS) is 13.4. The highest BCUT2D eigenvalue weighted by Gasteiger charge is 2.28. The lowest BCUT2D eigenvalue weighted by molar-refractivity contribution is -0.142. The maximum absolute atomic E-state index is 12.9. The van der Waals surface area contributed by atoms with Crippen molar-refractivity contribution in [3.63, 3.8) is 0 Å². The summed E-state index contributed by atoms with van der Waals surface area (Å²) in [5.41, 5.74) is 7.60. The van der Waals surface area contributed by atoms with Gasteiger partial charge in [-0.3, -0.25) is 14.4 Å². The van der Waals surface area contributed by atoms with Crippen LogP contribution in [0, 0.1) is 0 Å². The van der Waals surface area contributed by atoms with Crippen LogP contribution in [0.2, 0.25) is 0 Å². The number of phenolic OH excluding ortho intramolecular Hbond substituents is 1. The fraction of sp³-hybridized carbons (Fsp3) is 0.280. The average Bonchev–Trinajstić information content (AvgIpc) is 3.26. The van der Waals surface area contributed by atoms with E-state index < -0.39 is 41.8 Å². The Bertz CT molecular complexity index is 1240. The molecule has 0 spiro atoms. The SMILES string of the molecule is CC(NC(=O)C(Cc1ccc(O)cc1)NC(=O)CN)C(=O)NC(Cc1c[nH]c2ccccc12)C(=O)O. The Morgan fingerprint density at radius 2 is 1.61 bits per heavy atom. The number of benzene rings is 2. The summed E-state index contributed by atoms with van der Waals surface area (Å²) in [4.78, 5) is 52.4. The molecular weight excluding hydrogens is 466 g/mol. The van der Waals surface area contributed by atoms with Gasteiger partial charge in [0.2, 0.25) is 17.7 Å². The Labute approximate surface area is 207 Å². The van der Waals surface area contributed by atoms with Crippen LogP contribution in [0.5, 0.6) is 5.75 Å². The molecule has 0 bridgehead atoms. The third-order valence-electron chi connectivity index (χ3n) is 5.68. The second-order valence-electron chi connectivity index (χ2n) is 8.39.